The van der Waals surface area contributed by atoms with Crippen LogP contribution in [0.15, 0.2) is 40.0 Å². The van der Waals surface area contributed by atoms with Gasteiger partial charge in [0.15, 0.2) is 0 Å². The van der Waals surface area contributed by atoms with Crippen LogP contribution in [0, 0.1) is 6.92 Å². The van der Waals surface area contributed by atoms with Gasteiger partial charge in [-0.15, -0.1) is 0 Å². The van der Waals surface area contributed by atoms with Crippen LogP contribution in [0.1, 0.15) is 5.56 Å². The highest BCUT2D eigenvalue weighted by atomic mass is 79.9. The van der Waals surface area contributed by atoms with Gasteiger partial charge < -0.3 is 5.73 Å². The third-order valence-corrected chi connectivity index (χ3v) is 4.87. The van der Waals surface area contributed by atoms with E-state index in [-0.39, 0.29) is 4.90 Å². The Labute approximate surface area is 130 Å². The second-order valence-corrected chi connectivity index (χ2v) is 7.00. The van der Waals surface area contributed by atoms with Crippen molar-refractivity contribution in [2.24, 2.45) is 0 Å². The Balaban J connectivity index is 2.38. The number of aromatic nitrogens is 1. The van der Waals surface area contributed by atoms with Crippen molar-refractivity contribution in [3.63, 3.8) is 0 Å². The summed E-state index contributed by atoms with van der Waals surface area (Å²) in [6.07, 6.45) is 1.40. The monoisotopic (exact) mass is 375 g/mol. The molecule has 0 saturated carbocycles. The van der Waals surface area contributed by atoms with E-state index >= 15 is 0 Å². The zero-order valence-electron chi connectivity index (χ0n) is 10.4. The van der Waals surface area contributed by atoms with E-state index in [2.05, 4.69) is 25.6 Å². The van der Waals surface area contributed by atoms with Crippen molar-refractivity contribution in [1.82, 2.24) is 4.98 Å². The van der Waals surface area contributed by atoms with E-state index in [9.17, 15) is 8.42 Å². The van der Waals surface area contributed by atoms with E-state index < -0.39 is 10.0 Å². The van der Waals surface area contributed by atoms with Crippen molar-refractivity contribution < 1.29 is 8.42 Å². The first kappa shape index (κ1) is 15.1. The second kappa shape index (κ2) is 5.59. The fourth-order valence-electron chi connectivity index (χ4n) is 1.48. The van der Waals surface area contributed by atoms with Crippen molar-refractivity contribution in [1.29, 1.82) is 0 Å². The van der Waals surface area contributed by atoms with E-state index in [1.54, 1.807) is 19.1 Å². The van der Waals surface area contributed by atoms with Crippen LogP contribution in [-0.4, -0.2) is 13.4 Å². The molecule has 5 nitrogen and oxygen atoms in total. The number of halogens is 2. The molecular formula is C12H11BrClN3O2S. The maximum atomic E-state index is 12.2. The lowest BCUT2D eigenvalue weighted by Gasteiger charge is -2.10. The highest BCUT2D eigenvalue weighted by molar-refractivity contribution is 9.10. The number of nitrogens with two attached hydrogens (primary N) is 1. The molecule has 2 rings (SSSR count). The summed E-state index contributed by atoms with van der Waals surface area (Å²) in [5, 5.41) is 0.305. The SMILES string of the molecule is Cc1c(N)cc(S(=O)(=O)Nc2ccc(Br)nc2)cc1Cl. The fourth-order valence-corrected chi connectivity index (χ4v) is 3.11. The number of hydrogen-bond acceptors (Lipinski definition) is 4. The third kappa shape index (κ3) is 3.23. The Morgan fingerprint density at radius 2 is 2.05 bits per heavy atom. The number of anilines is 2. The zero-order valence-corrected chi connectivity index (χ0v) is 13.6. The minimum Gasteiger partial charge on any atom is -0.398 e. The lowest BCUT2D eigenvalue weighted by Crippen LogP contribution is -2.13. The normalized spacial score (nSPS) is 11.3. The Morgan fingerprint density at radius 1 is 1.35 bits per heavy atom. The quantitative estimate of drug-likeness (QED) is 0.636. The van der Waals surface area contributed by atoms with Crippen molar-refractivity contribution in [3.8, 4) is 0 Å². The van der Waals surface area contributed by atoms with Crippen molar-refractivity contribution in [2.45, 2.75) is 11.8 Å². The molecule has 20 heavy (non-hydrogen) atoms. The molecule has 0 aliphatic heterocycles. The number of hydrogen-bond donors (Lipinski definition) is 2. The van der Waals surface area contributed by atoms with Crippen LogP contribution in [-0.2, 0) is 10.0 Å². The molecule has 0 bridgehead atoms. The van der Waals surface area contributed by atoms with Crippen LogP contribution >= 0.6 is 27.5 Å². The third-order valence-electron chi connectivity index (χ3n) is 2.65. The molecule has 0 saturated heterocycles. The first-order chi connectivity index (χ1) is 9.29. The van der Waals surface area contributed by atoms with Gasteiger partial charge in [-0.05, 0) is 52.7 Å². The lowest BCUT2D eigenvalue weighted by atomic mass is 10.2. The molecule has 0 aliphatic rings. The summed E-state index contributed by atoms with van der Waals surface area (Å²) in [5.41, 5.74) is 7.06. The van der Waals surface area contributed by atoms with Crippen molar-refractivity contribution >= 4 is 48.9 Å². The fraction of sp³-hybridized carbons (Fsp3) is 0.0833. The Kier molecular flexibility index (Phi) is 4.22. The zero-order chi connectivity index (χ0) is 14.9. The number of benzene rings is 1. The molecule has 0 atom stereocenters. The van der Waals surface area contributed by atoms with E-state index in [4.69, 9.17) is 17.3 Å². The Hall–Kier alpha value is -1.31. The van der Waals surface area contributed by atoms with E-state index in [0.717, 1.165) is 0 Å². The van der Waals surface area contributed by atoms with Crippen LogP contribution in [0.3, 0.4) is 0 Å². The van der Waals surface area contributed by atoms with Crippen LogP contribution < -0.4 is 10.5 Å². The summed E-state index contributed by atoms with van der Waals surface area (Å²) in [5.74, 6) is 0. The highest BCUT2D eigenvalue weighted by Gasteiger charge is 2.17. The van der Waals surface area contributed by atoms with E-state index in [1.807, 2.05) is 0 Å². The van der Waals surface area contributed by atoms with E-state index in [0.29, 0.717) is 26.6 Å². The van der Waals surface area contributed by atoms with Crippen LogP contribution in [0.5, 0.6) is 0 Å². The summed E-state index contributed by atoms with van der Waals surface area (Å²) in [7, 11) is -3.76. The van der Waals surface area contributed by atoms with Gasteiger partial charge in [-0.1, -0.05) is 11.6 Å². The van der Waals surface area contributed by atoms with Crippen LogP contribution in [0.25, 0.3) is 0 Å². The molecule has 0 aliphatic carbocycles. The first-order valence-electron chi connectivity index (χ1n) is 5.49. The Morgan fingerprint density at radius 3 is 2.60 bits per heavy atom. The maximum absolute atomic E-state index is 12.2. The van der Waals surface area contributed by atoms with Crippen molar-refractivity contribution in [3.05, 3.63) is 45.7 Å². The molecule has 106 valence electrons. The summed E-state index contributed by atoms with van der Waals surface area (Å²) < 4.78 is 27.5. The molecule has 0 radical (unpaired) electrons. The van der Waals surface area contributed by atoms with Crippen LogP contribution in [0.4, 0.5) is 11.4 Å². The number of rotatable bonds is 3. The first-order valence-corrected chi connectivity index (χ1v) is 8.15. The van der Waals surface area contributed by atoms with Gasteiger partial charge in [-0.2, -0.15) is 0 Å². The number of pyridine rings is 1. The Bertz CT molecular complexity index is 725. The molecule has 1 heterocycles. The van der Waals surface area contributed by atoms with E-state index in [1.165, 1.54) is 18.3 Å². The van der Waals surface area contributed by atoms with Gasteiger partial charge in [0.05, 0.1) is 16.8 Å². The van der Waals surface area contributed by atoms with Gasteiger partial charge in [0.25, 0.3) is 10.0 Å². The lowest BCUT2D eigenvalue weighted by molar-refractivity contribution is 0.601. The molecule has 8 heteroatoms. The molecule has 3 N–H and O–H groups in total. The maximum Gasteiger partial charge on any atom is 0.262 e. The molecule has 2 aromatic rings. The number of nitrogens with zero attached hydrogens (tertiary/aromatic N) is 1. The second-order valence-electron chi connectivity index (χ2n) is 4.09. The molecular weight excluding hydrogens is 366 g/mol. The van der Waals surface area contributed by atoms with Gasteiger partial charge in [-0.25, -0.2) is 13.4 Å². The molecule has 0 unspecified atom stereocenters. The number of nitrogen functional groups attached to an aromatic ring is 1. The summed E-state index contributed by atoms with van der Waals surface area (Å²) in [6.45, 7) is 1.72. The van der Waals surface area contributed by atoms with Gasteiger partial charge in [0.2, 0.25) is 0 Å². The molecule has 1 aromatic carbocycles. The summed E-state index contributed by atoms with van der Waals surface area (Å²) in [4.78, 5) is 3.95. The topological polar surface area (TPSA) is 85.1 Å². The average molecular weight is 377 g/mol. The number of sulfonamides is 1. The van der Waals surface area contributed by atoms with Gasteiger partial charge in [0, 0.05) is 10.7 Å². The smallest absolute Gasteiger partial charge is 0.262 e. The average Bonchev–Trinajstić information content (AvgIpc) is 2.38. The molecule has 0 amide bonds. The molecule has 0 fully saturated rings. The number of nitrogens with one attached hydrogen (secondary N) is 1. The largest absolute Gasteiger partial charge is 0.398 e. The standard InChI is InChI=1S/C12H11BrClN3O2S/c1-7-10(14)4-9(5-11(7)15)20(18,19)17-8-2-3-12(13)16-6-8/h2-6,17H,15H2,1H3. The van der Waals surface area contributed by atoms with Crippen molar-refractivity contribution in [2.75, 3.05) is 10.5 Å². The molecule has 0 spiro atoms. The minimum atomic E-state index is -3.76. The summed E-state index contributed by atoms with van der Waals surface area (Å²) in [6, 6.07) is 5.96. The predicted octanol–water partition coefficient (Wildman–Crippen LogP) is 3.19. The summed E-state index contributed by atoms with van der Waals surface area (Å²) >= 11 is 9.13. The van der Waals surface area contributed by atoms with Gasteiger partial charge in [0.1, 0.15) is 4.60 Å². The predicted molar refractivity (Wildman–Crippen MR) is 83.3 cm³/mol. The highest BCUT2D eigenvalue weighted by Crippen LogP contribution is 2.27. The minimum absolute atomic E-state index is 0.00789. The van der Waals surface area contributed by atoms with Gasteiger partial charge in [-0.3, -0.25) is 4.72 Å². The van der Waals surface area contributed by atoms with Gasteiger partial charge >= 0.3 is 0 Å². The molecule has 1 aromatic heterocycles. The van der Waals surface area contributed by atoms with Crippen LogP contribution in [0.2, 0.25) is 5.02 Å².